The molecule has 3 aliphatic rings. The topological polar surface area (TPSA) is 121 Å². The summed E-state index contributed by atoms with van der Waals surface area (Å²) in [4.78, 5) is 45.0. The van der Waals surface area contributed by atoms with Gasteiger partial charge in [0.25, 0.3) is 0 Å². The van der Waals surface area contributed by atoms with Gasteiger partial charge in [0.05, 0.1) is 11.0 Å². The van der Waals surface area contributed by atoms with Crippen molar-refractivity contribution in [1.29, 1.82) is 0 Å². The van der Waals surface area contributed by atoms with Crippen molar-refractivity contribution in [2.75, 3.05) is 0 Å². The second-order valence-corrected chi connectivity index (χ2v) is 15.9. The Hall–Kier alpha value is -3.19. The number of benzene rings is 1. The summed E-state index contributed by atoms with van der Waals surface area (Å²) in [5.74, 6) is -2.27. The molecule has 1 heterocycles. The van der Waals surface area contributed by atoms with Crippen molar-refractivity contribution < 1.29 is 34.4 Å². The molecular formula is C38H52O7. The summed E-state index contributed by atoms with van der Waals surface area (Å²) in [5, 5.41) is 31.0. The highest BCUT2D eigenvalue weighted by Crippen LogP contribution is 2.69. The number of rotatable bonds is 10. The van der Waals surface area contributed by atoms with E-state index in [2.05, 4.69) is 6.58 Å². The number of carbonyl (C=O) groups is 3. The highest BCUT2D eigenvalue weighted by atomic mass is 16.5. The summed E-state index contributed by atoms with van der Waals surface area (Å²) in [5.41, 5.74) is -3.47. The highest BCUT2D eigenvalue weighted by molar-refractivity contribution is 6.35. The molecule has 3 N–H and O–H groups in total. The van der Waals surface area contributed by atoms with Gasteiger partial charge in [0.1, 0.15) is 22.3 Å². The van der Waals surface area contributed by atoms with E-state index in [-0.39, 0.29) is 46.7 Å². The Morgan fingerprint density at radius 2 is 1.64 bits per heavy atom. The molecule has 7 heteroatoms. The Morgan fingerprint density at radius 3 is 2.20 bits per heavy atom. The number of carbonyl (C=O) groups excluding carboxylic acids is 3. The first-order chi connectivity index (χ1) is 20.6. The number of aromatic hydroxyl groups is 2. The van der Waals surface area contributed by atoms with E-state index in [0.717, 1.165) is 30.1 Å². The molecule has 7 nitrogen and oxygen atoms in total. The van der Waals surface area contributed by atoms with E-state index < -0.39 is 44.8 Å². The monoisotopic (exact) mass is 620 g/mol. The number of allylic oxidation sites excluding steroid dienone is 5. The molecular weight excluding hydrogens is 568 g/mol. The van der Waals surface area contributed by atoms with Crippen LogP contribution in [0.25, 0.3) is 0 Å². The number of phenols is 2. The number of ketones is 3. The van der Waals surface area contributed by atoms with E-state index in [1.807, 2.05) is 54.5 Å². The lowest BCUT2D eigenvalue weighted by atomic mass is 9.38. The maximum atomic E-state index is 15.4. The van der Waals surface area contributed by atoms with E-state index in [0.29, 0.717) is 25.7 Å². The SMILES string of the molecule is C=C(C)CC[C@@H]1C[C@]23C[C@H](CCC(C)(C)O)C(C)(C)[C@](CC=C(C)C)(C(=O)C(C(=O)c4ccc(O)c(O)c4)=C2OC1(C)C)C3=O. The molecule has 1 spiro atoms. The van der Waals surface area contributed by atoms with Gasteiger partial charge in [-0.3, -0.25) is 14.4 Å². The summed E-state index contributed by atoms with van der Waals surface area (Å²) >= 11 is 0. The average molecular weight is 621 g/mol. The van der Waals surface area contributed by atoms with Gasteiger partial charge in [-0.25, -0.2) is 0 Å². The lowest BCUT2D eigenvalue weighted by molar-refractivity contribution is -0.190. The van der Waals surface area contributed by atoms with Crippen molar-refractivity contribution in [3.63, 3.8) is 0 Å². The Balaban J connectivity index is 2.06. The van der Waals surface area contributed by atoms with Crippen LogP contribution >= 0.6 is 0 Å². The fourth-order valence-corrected chi connectivity index (χ4v) is 8.08. The second kappa shape index (κ2) is 11.6. The number of hydrogen-bond acceptors (Lipinski definition) is 7. The number of fused-ring (bicyclic) bond motifs is 1. The molecule has 4 atom stereocenters. The summed E-state index contributed by atoms with van der Waals surface area (Å²) in [7, 11) is 0. The van der Waals surface area contributed by atoms with Crippen molar-refractivity contribution in [1.82, 2.24) is 0 Å². The van der Waals surface area contributed by atoms with Crippen molar-refractivity contribution in [2.24, 2.45) is 28.1 Å². The van der Waals surface area contributed by atoms with Crippen molar-refractivity contribution in [3.05, 3.63) is 58.9 Å². The normalized spacial score (nSPS) is 28.7. The third kappa shape index (κ3) is 5.82. The third-order valence-corrected chi connectivity index (χ3v) is 11.1. The predicted octanol–water partition coefficient (Wildman–Crippen LogP) is 7.78. The molecule has 0 aromatic heterocycles. The molecule has 1 saturated carbocycles. The van der Waals surface area contributed by atoms with Crippen LogP contribution in [0.2, 0.25) is 0 Å². The van der Waals surface area contributed by atoms with E-state index in [9.17, 15) is 20.1 Å². The minimum atomic E-state index is -1.55. The van der Waals surface area contributed by atoms with Crippen LogP contribution in [-0.2, 0) is 14.3 Å². The van der Waals surface area contributed by atoms with Crippen LogP contribution in [0.3, 0.4) is 0 Å². The first-order valence-electron chi connectivity index (χ1n) is 16.2. The maximum absolute atomic E-state index is 15.4. The Labute approximate surface area is 268 Å². The van der Waals surface area contributed by atoms with E-state index in [4.69, 9.17) is 4.74 Å². The van der Waals surface area contributed by atoms with Crippen LogP contribution < -0.4 is 0 Å². The minimum Gasteiger partial charge on any atom is -0.504 e. The predicted molar refractivity (Wildman–Crippen MR) is 175 cm³/mol. The number of Topliss-reactive ketones (excluding diaryl/α,β-unsaturated/α-hetero) is 3. The van der Waals surface area contributed by atoms with E-state index in [1.165, 1.54) is 12.1 Å². The van der Waals surface area contributed by atoms with Crippen LogP contribution in [0.1, 0.15) is 118 Å². The van der Waals surface area contributed by atoms with Gasteiger partial charge in [0.2, 0.25) is 0 Å². The first-order valence-corrected chi connectivity index (χ1v) is 16.2. The van der Waals surface area contributed by atoms with E-state index >= 15 is 9.59 Å². The third-order valence-electron chi connectivity index (χ3n) is 11.1. The quantitative estimate of drug-likeness (QED) is 0.0803. The fourth-order valence-electron chi connectivity index (χ4n) is 8.08. The number of ether oxygens (including phenoxy) is 1. The van der Waals surface area contributed by atoms with Crippen molar-refractivity contribution in [3.8, 4) is 11.5 Å². The number of hydrogen-bond donors (Lipinski definition) is 3. The average Bonchev–Trinajstić information content (AvgIpc) is 2.90. The van der Waals surface area contributed by atoms with Gasteiger partial charge in [-0.1, -0.05) is 31.1 Å². The van der Waals surface area contributed by atoms with Gasteiger partial charge in [0, 0.05) is 5.56 Å². The highest BCUT2D eigenvalue weighted by Gasteiger charge is 2.74. The summed E-state index contributed by atoms with van der Waals surface area (Å²) < 4.78 is 6.79. The van der Waals surface area contributed by atoms with Crippen LogP contribution in [-0.4, -0.2) is 43.9 Å². The van der Waals surface area contributed by atoms with Crippen LogP contribution in [0, 0.1) is 28.1 Å². The first kappa shape index (κ1) is 34.7. The van der Waals surface area contributed by atoms with Crippen LogP contribution in [0.5, 0.6) is 11.5 Å². The Kier molecular flexibility index (Phi) is 8.91. The molecule has 1 aliphatic heterocycles. The maximum Gasteiger partial charge on any atom is 0.200 e. The minimum absolute atomic E-state index is 0.0308. The number of aliphatic hydroxyl groups is 1. The molecule has 1 aromatic rings. The van der Waals surface area contributed by atoms with Crippen LogP contribution in [0.15, 0.2) is 53.3 Å². The Morgan fingerprint density at radius 1 is 1.02 bits per heavy atom. The van der Waals surface area contributed by atoms with E-state index in [1.54, 1.807) is 13.8 Å². The van der Waals surface area contributed by atoms with Gasteiger partial charge in [-0.15, -0.1) is 6.58 Å². The lowest BCUT2D eigenvalue weighted by Gasteiger charge is -2.64. The zero-order valence-electron chi connectivity index (χ0n) is 28.6. The van der Waals surface area contributed by atoms with Crippen LogP contribution in [0.4, 0.5) is 0 Å². The van der Waals surface area contributed by atoms with Crippen molar-refractivity contribution in [2.45, 2.75) is 118 Å². The summed E-state index contributed by atoms with van der Waals surface area (Å²) in [6, 6.07) is 3.75. The van der Waals surface area contributed by atoms with Gasteiger partial charge in [0.15, 0.2) is 28.8 Å². The molecule has 2 fully saturated rings. The molecule has 1 aromatic carbocycles. The summed E-state index contributed by atoms with van der Waals surface area (Å²) in [6.07, 6.45) is 5.48. The lowest BCUT2D eigenvalue weighted by Crippen LogP contribution is -2.69. The van der Waals surface area contributed by atoms with Crippen molar-refractivity contribution >= 4 is 17.3 Å². The summed E-state index contributed by atoms with van der Waals surface area (Å²) in [6.45, 7) is 21.3. The molecule has 4 rings (SSSR count). The molecule has 45 heavy (non-hydrogen) atoms. The molecule has 0 amide bonds. The fraction of sp³-hybridized carbons (Fsp3) is 0.605. The molecule has 2 bridgehead atoms. The van der Waals surface area contributed by atoms with Gasteiger partial charge < -0.3 is 20.1 Å². The number of phenolic OH excluding ortho intramolecular Hbond substituents is 2. The molecule has 0 unspecified atom stereocenters. The van der Waals surface area contributed by atoms with Gasteiger partial charge >= 0.3 is 0 Å². The zero-order valence-corrected chi connectivity index (χ0v) is 28.6. The second-order valence-electron chi connectivity index (χ2n) is 15.9. The smallest absolute Gasteiger partial charge is 0.200 e. The Bertz CT molecular complexity index is 1480. The molecule has 0 radical (unpaired) electrons. The largest absolute Gasteiger partial charge is 0.504 e. The molecule has 2 aliphatic carbocycles. The molecule has 246 valence electrons. The molecule has 1 saturated heterocycles. The standard InChI is InChI=1S/C38H52O7/c1-22(2)11-13-26-21-37-20-25(16-17-34(5,6)44)35(7,8)38(33(37)43,18-15-23(3)4)31(42)29(32(37)45-36(26,9)10)30(41)24-12-14-27(39)28(40)19-24/h12,14-15,19,25-26,39-40,44H,1,11,13,16-18,20-21H2,2-10H3/t25-,26+,37+,38+/m0/s1. The zero-order chi connectivity index (χ0) is 33.9. The van der Waals surface area contributed by atoms with Gasteiger partial charge in [-0.05, 0) is 129 Å². The van der Waals surface area contributed by atoms with Gasteiger partial charge in [-0.2, -0.15) is 0 Å².